The monoisotopic (exact) mass is 249 g/mol. The highest BCUT2D eigenvalue weighted by molar-refractivity contribution is 5.66. The number of nitrogen functional groups attached to an aromatic ring is 1. The molecule has 100 valence electrons. The van der Waals surface area contributed by atoms with Crippen molar-refractivity contribution in [3.8, 4) is 0 Å². The molecule has 0 spiro atoms. The third-order valence-corrected chi connectivity index (χ3v) is 4.14. The summed E-state index contributed by atoms with van der Waals surface area (Å²) < 4.78 is 1.95. The van der Waals surface area contributed by atoms with Crippen molar-refractivity contribution >= 4 is 11.5 Å². The van der Waals surface area contributed by atoms with Crippen molar-refractivity contribution in [1.29, 1.82) is 0 Å². The van der Waals surface area contributed by atoms with E-state index in [0.29, 0.717) is 0 Å². The molecule has 0 bridgehead atoms. The molecule has 0 amide bonds. The van der Waals surface area contributed by atoms with Gasteiger partial charge in [0.15, 0.2) is 0 Å². The Morgan fingerprint density at radius 1 is 1.22 bits per heavy atom. The molecule has 1 aromatic heterocycles. The number of nitrogens with zero attached hydrogens (tertiary/aromatic N) is 4. The smallest absolute Gasteiger partial charge is 0.150 e. The van der Waals surface area contributed by atoms with Gasteiger partial charge in [-0.3, -0.25) is 9.58 Å². The molecule has 1 saturated carbocycles. The standard InChI is InChI=1S/C13H23N5/c1-3-11-12(14)13(16(2)15-11)18-8-6-17(7-9-18)10-4-5-10/h10H,3-9,14H2,1-2H3. The molecular formula is C13H23N5. The largest absolute Gasteiger partial charge is 0.394 e. The minimum atomic E-state index is 0.875. The van der Waals surface area contributed by atoms with E-state index in [1.807, 2.05) is 11.7 Å². The first-order valence-electron chi connectivity index (χ1n) is 7.01. The second-order valence-corrected chi connectivity index (χ2v) is 5.42. The van der Waals surface area contributed by atoms with Crippen LogP contribution in [0.3, 0.4) is 0 Å². The van der Waals surface area contributed by atoms with Crippen LogP contribution < -0.4 is 10.6 Å². The molecule has 5 heteroatoms. The molecule has 0 atom stereocenters. The Kier molecular flexibility index (Phi) is 2.93. The first-order chi connectivity index (χ1) is 8.70. The minimum absolute atomic E-state index is 0.875. The fourth-order valence-electron chi connectivity index (χ4n) is 2.96. The van der Waals surface area contributed by atoms with Gasteiger partial charge in [-0.05, 0) is 19.3 Å². The van der Waals surface area contributed by atoms with E-state index in [-0.39, 0.29) is 0 Å². The van der Waals surface area contributed by atoms with Crippen LogP contribution in [0, 0.1) is 0 Å². The van der Waals surface area contributed by atoms with Gasteiger partial charge < -0.3 is 10.6 Å². The molecule has 2 heterocycles. The zero-order valence-corrected chi connectivity index (χ0v) is 11.4. The van der Waals surface area contributed by atoms with Gasteiger partial charge in [0.25, 0.3) is 0 Å². The predicted molar refractivity (Wildman–Crippen MR) is 73.8 cm³/mol. The van der Waals surface area contributed by atoms with Crippen LogP contribution in [0.1, 0.15) is 25.5 Å². The van der Waals surface area contributed by atoms with Gasteiger partial charge in [-0.15, -0.1) is 0 Å². The van der Waals surface area contributed by atoms with Gasteiger partial charge in [-0.1, -0.05) is 6.92 Å². The summed E-state index contributed by atoms with van der Waals surface area (Å²) in [5, 5.41) is 4.51. The highest BCUT2D eigenvalue weighted by Crippen LogP contribution is 2.31. The second-order valence-electron chi connectivity index (χ2n) is 5.42. The Labute approximate surface area is 109 Å². The number of aromatic nitrogens is 2. The number of piperazine rings is 1. The molecule has 1 aliphatic carbocycles. The third kappa shape index (κ3) is 1.96. The maximum Gasteiger partial charge on any atom is 0.150 e. The van der Waals surface area contributed by atoms with Crippen molar-refractivity contribution in [2.75, 3.05) is 36.8 Å². The predicted octanol–water partition coefficient (Wildman–Crippen LogP) is 0.849. The lowest BCUT2D eigenvalue weighted by atomic mass is 10.2. The van der Waals surface area contributed by atoms with Crippen LogP contribution in [0.4, 0.5) is 11.5 Å². The molecule has 0 radical (unpaired) electrons. The number of rotatable bonds is 3. The van der Waals surface area contributed by atoms with E-state index in [0.717, 1.165) is 55.8 Å². The van der Waals surface area contributed by atoms with Crippen LogP contribution in [-0.2, 0) is 13.5 Å². The van der Waals surface area contributed by atoms with Crippen molar-refractivity contribution in [1.82, 2.24) is 14.7 Å². The van der Waals surface area contributed by atoms with E-state index in [9.17, 15) is 0 Å². The summed E-state index contributed by atoms with van der Waals surface area (Å²) in [7, 11) is 2.00. The van der Waals surface area contributed by atoms with E-state index in [1.54, 1.807) is 0 Å². The van der Waals surface area contributed by atoms with Gasteiger partial charge in [0, 0.05) is 39.3 Å². The third-order valence-electron chi connectivity index (χ3n) is 4.14. The Bertz CT molecular complexity index is 427. The fourth-order valence-corrected chi connectivity index (χ4v) is 2.96. The second kappa shape index (κ2) is 4.46. The van der Waals surface area contributed by atoms with Crippen molar-refractivity contribution < 1.29 is 0 Å². The molecule has 2 aliphatic rings. The summed E-state index contributed by atoms with van der Waals surface area (Å²) in [4.78, 5) is 5.00. The molecule has 3 rings (SSSR count). The summed E-state index contributed by atoms with van der Waals surface area (Å²) in [5.41, 5.74) is 8.11. The molecule has 1 aromatic rings. The lowest BCUT2D eigenvalue weighted by molar-refractivity contribution is 0.247. The van der Waals surface area contributed by atoms with E-state index < -0.39 is 0 Å². The zero-order chi connectivity index (χ0) is 12.7. The topological polar surface area (TPSA) is 50.3 Å². The van der Waals surface area contributed by atoms with Gasteiger partial charge in [0.2, 0.25) is 0 Å². The molecule has 0 unspecified atom stereocenters. The zero-order valence-electron chi connectivity index (χ0n) is 11.4. The van der Waals surface area contributed by atoms with Crippen LogP contribution >= 0.6 is 0 Å². The molecule has 2 N–H and O–H groups in total. The number of aryl methyl sites for hydroxylation is 2. The maximum absolute atomic E-state index is 6.21. The van der Waals surface area contributed by atoms with Crippen LogP contribution in [0.15, 0.2) is 0 Å². The average molecular weight is 249 g/mol. The SMILES string of the molecule is CCc1nn(C)c(N2CCN(C3CC3)CC2)c1N. The first-order valence-corrected chi connectivity index (χ1v) is 7.01. The first kappa shape index (κ1) is 11.8. The van der Waals surface area contributed by atoms with E-state index in [4.69, 9.17) is 5.73 Å². The molecular weight excluding hydrogens is 226 g/mol. The summed E-state index contributed by atoms with van der Waals surface area (Å²) >= 11 is 0. The Balaban J connectivity index is 1.73. The van der Waals surface area contributed by atoms with Gasteiger partial charge in [0.1, 0.15) is 5.82 Å². The Morgan fingerprint density at radius 3 is 2.39 bits per heavy atom. The minimum Gasteiger partial charge on any atom is -0.394 e. The van der Waals surface area contributed by atoms with Gasteiger partial charge >= 0.3 is 0 Å². The normalized spacial score (nSPS) is 21.6. The van der Waals surface area contributed by atoms with Crippen molar-refractivity contribution in [2.24, 2.45) is 7.05 Å². The van der Waals surface area contributed by atoms with Crippen LogP contribution in [-0.4, -0.2) is 46.9 Å². The molecule has 18 heavy (non-hydrogen) atoms. The van der Waals surface area contributed by atoms with Gasteiger partial charge in [-0.25, -0.2) is 0 Å². The molecule has 2 fully saturated rings. The quantitative estimate of drug-likeness (QED) is 0.863. The number of anilines is 2. The summed E-state index contributed by atoms with van der Waals surface area (Å²) in [6, 6.07) is 0.877. The number of hydrogen-bond acceptors (Lipinski definition) is 4. The van der Waals surface area contributed by atoms with Crippen LogP contribution in [0.2, 0.25) is 0 Å². The van der Waals surface area contributed by atoms with E-state index in [2.05, 4.69) is 21.8 Å². The van der Waals surface area contributed by atoms with Crippen molar-refractivity contribution in [2.45, 2.75) is 32.2 Å². The number of hydrogen-bond donors (Lipinski definition) is 1. The lowest BCUT2D eigenvalue weighted by Gasteiger charge is -2.36. The lowest BCUT2D eigenvalue weighted by Crippen LogP contribution is -2.47. The Morgan fingerprint density at radius 2 is 1.89 bits per heavy atom. The molecule has 0 aromatic carbocycles. The summed E-state index contributed by atoms with van der Waals surface area (Å²) in [6.07, 6.45) is 3.70. The van der Waals surface area contributed by atoms with Gasteiger partial charge in [0.05, 0.1) is 11.4 Å². The highest BCUT2D eigenvalue weighted by atomic mass is 15.4. The number of nitrogens with two attached hydrogens (primary N) is 1. The van der Waals surface area contributed by atoms with E-state index >= 15 is 0 Å². The highest BCUT2D eigenvalue weighted by Gasteiger charge is 2.32. The van der Waals surface area contributed by atoms with Crippen molar-refractivity contribution in [3.05, 3.63) is 5.69 Å². The maximum atomic E-state index is 6.21. The fraction of sp³-hybridized carbons (Fsp3) is 0.769. The van der Waals surface area contributed by atoms with Crippen LogP contribution in [0.5, 0.6) is 0 Å². The Hall–Kier alpha value is -1.23. The van der Waals surface area contributed by atoms with Crippen molar-refractivity contribution in [3.63, 3.8) is 0 Å². The van der Waals surface area contributed by atoms with Gasteiger partial charge in [-0.2, -0.15) is 5.10 Å². The molecule has 1 aliphatic heterocycles. The molecule has 1 saturated heterocycles. The molecule has 5 nitrogen and oxygen atoms in total. The van der Waals surface area contributed by atoms with E-state index in [1.165, 1.54) is 12.8 Å². The summed E-state index contributed by atoms with van der Waals surface area (Å²) in [6.45, 7) is 6.58. The van der Waals surface area contributed by atoms with Crippen LogP contribution in [0.25, 0.3) is 0 Å². The summed E-state index contributed by atoms with van der Waals surface area (Å²) in [5.74, 6) is 1.11. The average Bonchev–Trinajstić information content (AvgIpc) is 3.17.